The number of likely N-dealkylation sites (N-methyl/N-ethyl adjacent to an activating group) is 1. The number of esters is 2. The summed E-state index contributed by atoms with van der Waals surface area (Å²) in [7, 11) is 1.30. The summed E-state index contributed by atoms with van der Waals surface area (Å²) in [5.74, 6) is -0.964. The van der Waals surface area contributed by atoms with Gasteiger partial charge in [0, 0.05) is 6.54 Å². The molecule has 0 N–H and O–H groups in total. The van der Waals surface area contributed by atoms with Crippen molar-refractivity contribution in [2.24, 2.45) is 0 Å². The number of nitrogens with zero attached hydrogens (tertiary/aromatic N) is 2. The number of ether oxygens (including phenoxy) is 2. The maximum Gasteiger partial charge on any atom is 0.360 e. The van der Waals surface area contributed by atoms with Crippen molar-refractivity contribution >= 4 is 18.0 Å². The highest BCUT2D eigenvalue weighted by atomic mass is 16.5. The molecule has 1 rings (SSSR count). The van der Waals surface area contributed by atoms with E-state index in [2.05, 4.69) is 9.72 Å². The van der Waals surface area contributed by atoms with Crippen LogP contribution in [-0.4, -0.2) is 43.7 Å². The molecular formula is C11H16N2O5. The highest BCUT2D eigenvalue weighted by Gasteiger charge is 2.18. The van der Waals surface area contributed by atoms with E-state index in [0.717, 1.165) is 0 Å². The van der Waals surface area contributed by atoms with Crippen LogP contribution in [0.5, 0.6) is 0 Å². The molecule has 0 atom stereocenters. The number of hydrogen-bond donors (Lipinski definition) is 0. The van der Waals surface area contributed by atoms with Gasteiger partial charge in [-0.25, -0.2) is 4.79 Å². The van der Waals surface area contributed by atoms with Crippen LogP contribution in [0.4, 0.5) is 6.01 Å². The smallest absolute Gasteiger partial charge is 0.360 e. The van der Waals surface area contributed by atoms with Crippen LogP contribution in [0.1, 0.15) is 24.3 Å². The van der Waals surface area contributed by atoms with Gasteiger partial charge in [-0.3, -0.25) is 4.79 Å². The van der Waals surface area contributed by atoms with E-state index in [9.17, 15) is 9.59 Å². The third kappa shape index (κ3) is 3.47. The van der Waals surface area contributed by atoms with Gasteiger partial charge in [0.2, 0.25) is 0 Å². The third-order valence-corrected chi connectivity index (χ3v) is 2.18. The van der Waals surface area contributed by atoms with Gasteiger partial charge >= 0.3 is 11.9 Å². The Bertz CT molecular complexity index is 415. The molecule has 0 bridgehead atoms. The van der Waals surface area contributed by atoms with Gasteiger partial charge in [-0.05, 0) is 13.8 Å². The van der Waals surface area contributed by atoms with Gasteiger partial charge in [-0.15, -0.1) is 0 Å². The van der Waals surface area contributed by atoms with Gasteiger partial charge in [-0.1, -0.05) is 0 Å². The van der Waals surface area contributed by atoms with Crippen LogP contribution in [0, 0.1) is 0 Å². The number of aromatic nitrogens is 1. The lowest BCUT2D eigenvalue weighted by Gasteiger charge is -2.16. The molecule has 0 aliphatic rings. The molecule has 0 aliphatic heterocycles. The van der Waals surface area contributed by atoms with Crippen molar-refractivity contribution < 1.29 is 23.5 Å². The van der Waals surface area contributed by atoms with E-state index in [1.54, 1.807) is 11.8 Å². The molecule has 0 unspecified atom stereocenters. The lowest BCUT2D eigenvalue weighted by atomic mass is 10.5. The molecule has 0 amide bonds. The molecule has 0 saturated carbocycles. The minimum Gasteiger partial charge on any atom is -0.468 e. The summed E-state index contributed by atoms with van der Waals surface area (Å²) in [4.78, 5) is 28.1. The summed E-state index contributed by atoms with van der Waals surface area (Å²) in [6.45, 7) is 4.31. The second-order valence-corrected chi connectivity index (χ2v) is 3.33. The predicted molar refractivity (Wildman–Crippen MR) is 62.4 cm³/mol. The molecule has 100 valence electrons. The van der Waals surface area contributed by atoms with E-state index in [-0.39, 0.29) is 24.9 Å². The Hall–Kier alpha value is -2.05. The summed E-state index contributed by atoms with van der Waals surface area (Å²) >= 11 is 0. The summed E-state index contributed by atoms with van der Waals surface area (Å²) in [5.41, 5.74) is 0.0789. The fourth-order valence-corrected chi connectivity index (χ4v) is 1.24. The van der Waals surface area contributed by atoms with Crippen molar-refractivity contribution in [2.75, 3.05) is 31.7 Å². The Balaban J connectivity index is 2.76. The summed E-state index contributed by atoms with van der Waals surface area (Å²) < 4.78 is 14.5. The van der Waals surface area contributed by atoms with Crippen LogP contribution in [0.3, 0.4) is 0 Å². The van der Waals surface area contributed by atoms with Gasteiger partial charge in [0.15, 0.2) is 5.69 Å². The van der Waals surface area contributed by atoms with Gasteiger partial charge in [0.05, 0.1) is 13.7 Å². The molecule has 7 nitrogen and oxygen atoms in total. The van der Waals surface area contributed by atoms with Crippen molar-refractivity contribution in [3.8, 4) is 0 Å². The van der Waals surface area contributed by atoms with Crippen LogP contribution in [0.25, 0.3) is 0 Å². The van der Waals surface area contributed by atoms with Crippen molar-refractivity contribution in [1.82, 2.24) is 4.98 Å². The minimum atomic E-state index is -0.554. The number of hydrogen-bond acceptors (Lipinski definition) is 7. The Kier molecular flexibility index (Phi) is 5.16. The van der Waals surface area contributed by atoms with Crippen molar-refractivity contribution in [1.29, 1.82) is 0 Å². The minimum absolute atomic E-state index is 0.00970. The molecule has 0 spiro atoms. The van der Waals surface area contributed by atoms with Gasteiger partial charge in [-0.2, -0.15) is 4.98 Å². The number of methoxy groups -OCH3 is 1. The average Bonchev–Trinajstić information content (AvgIpc) is 2.85. The fourth-order valence-electron chi connectivity index (χ4n) is 1.24. The van der Waals surface area contributed by atoms with E-state index >= 15 is 0 Å². The SMILES string of the molecule is CCOC(=O)c1coc(N(CC)CC(=O)OC)n1. The van der Waals surface area contributed by atoms with Gasteiger partial charge in [0.1, 0.15) is 12.8 Å². The number of anilines is 1. The van der Waals surface area contributed by atoms with E-state index < -0.39 is 11.9 Å². The maximum atomic E-state index is 11.4. The zero-order valence-electron chi connectivity index (χ0n) is 10.6. The molecule has 1 heterocycles. The van der Waals surface area contributed by atoms with Gasteiger partial charge < -0.3 is 18.8 Å². The molecule has 0 saturated heterocycles. The lowest BCUT2D eigenvalue weighted by Crippen LogP contribution is -2.30. The highest BCUT2D eigenvalue weighted by molar-refractivity contribution is 5.87. The second kappa shape index (κ2) is 6.63. The summed E-state index contributed by atoms with van der Waals surface area (Å²) in [6.07, 6.45) is 1.20. The Morgan fingerprint density at radius 1 is 1.44 bits per heavy atom. The number of oxazole rings is 1. The van der Waals surface area contributed by atoms with Crippen molar-refractivity contribution in [3.05, 3.63) is 12.0 Å². The highest BCUT2D eigenvalue weighted by Crippen LogP contribution is 2.14. The predicted octanol–water partition coefficient (Wildman–Crippen LogP) is 0.851. The van der Waals surface area contributed by atoms with Crippen LogP contribution < -0.4 is 4.90 Å². The van der Waals surface area contributed by atoms with Crippen LogP contribution in [0.15, 0.2) is 10.7 Å². The molecule has 1 aromatic rings. The molecule has 0 aromatic carbocycles. The molecular weight excluding hydrogens is 240 g/mol. The third-order valence-electron chi connectivity index (χ3n) is 2.18. The van der Waals surface area contributed by atoms with Crippen LogP contribution in [0.2, 0.25) is 0 Å². The Labute approximate surface area is 105 Å². The first-order valence-electron chi connectivity index (χ1n) is 5.56. The molecule has 18 heavy (non-hydrogen) atoms. The second-order valence-electron chi connectivity index (χ2n) is 3.33. The largest absolute Gasteiger partial charge is 0.468 e. The molecule has 0 aliphatic carbocycles. The lowest BCUT2D eigenvalue weighted by molar-refractivity contribution is -0.139. The van der Waals surface area contributed by atoms with E-state index in [1.807, 2.05) is 6.92 Å². The number of rotatable bonds is 6. The zero-order valence-corrected chi connectivity index (χ0v) is 10.6. The average molecular weight is 256 g/mol. The van der Waals surface area contributed by atoms with Crippen LogP contribution >= 0.6 is 0 Å². The Morgan fingerprint density at radius 3 is 2.72 bits per heavy atom. The van der Waals surface area contributed by atoms with E-state index in [4.69, 9.17) is 9.15 Å². The monoisotopic (exact) mass is 256 g/mol. The van der Waals surface area contributed by atoms with Gasteiger partial charge in [0.25, 0.3) is 6.01 Å². The quantitative estimate of drug-likeness (QED) is 0.698. The Morgan fingerprint density at radius 2 is 2.17 bits per heavy atom. The van der Waals surface area contributed by atoms with Crippen molar-refractivity contribution in [2.45, 2.75) is 13.8 Å². The molecule has 0 radical (unpaired) electrons. The van der Waals surface area contributed by atoms with E-state index in [0.29, 0.717) is 6.54 Å². The normalized spacial score (nSPS) is 9.94. The maximum absolute atomic E-state index is 11.4. The molecule has 7 heteroatoms. The first-order valence-corrected chi connectivity index (χ1v) is 5.56. The number of carbonyl (C=O) groups excluding carboxylic acids is 2. The summed E-state index contributed by atoms with van der Waals surface area (Å²) in [6, 6.07) is 0.186. The number of carbonyl (C=O) groups is 2. The summed E-state index contributed by atoms with van der Waals surface area (Å²) in [5, 5.41) is 0. The topological polar surface area (TPSA) is 81.9 Å². The molecule has 1 aromatic heterocycles. The van der Waals surface area contributed by atoms with Crippen molar-refractivity contribution in [3.63, 3.8) is 0 Å². The van der Waals surface area contributed by atoms with E-state index in [1.165, 1.54) is 13.4 Å². The first kappa shape index (κ1) is 14.0. The fraction of sp³-hybridized carbons (Fsp3) is 0.545. The first-order chi connectivity index (χ1) is 8.62. The van der Waals surface area contributed by atoms with Crippen LogP contribution in [-0.2, 0) is 14.3 Å². The molecule has 0 fully saturated rings. The zero-order chi connectivity index (χ0) is 13.5. The standard InChI is InChI=1S/C11H16N2O5/c1-4-13(6-9(14)16-3)11-12-8(7-18-11)10(15)17-5-2/h7H,4-6H2,1-3H3.